The van der Waals surface area contributed by atoms with E-state index in [-0.39, 0.29) is 61.2 Å². The molecule has 0 bridgehead atoms. The molecule has 5 aromatic rings. The lowest BCUT2D eigenvalue weighted by molar-refractivity contribution is -0.337. The van der Waals surface area contributed by atoms with Crippen molar-refractivity contribution in [3.8, 4) is 0 Å². The molecule has 84 heavy (non-hydrogen) atoms. The normalized spacial score (nSPS) is 27.5. The number of hydrogen-bond acceptors (Lipinski definition) is 16. The number of rotatable bonds is 26. The van der Waals surface area contributed by atoms with Crippen molar-refractivity contribution in [3.05, 3.63) is 190 Å². The van der Waals surface area contributed by atoms with Gasteiger partial charge in [-0.3, -0.25) is 0 Å². The van der Waals surface area contributed by atoms with Gasteiger partial charge in [-0.2, -0.15) is 0 Å². The molecule has 19 heteroatoms. The van der Waals surface area contributed by atoms with Crippen molar-refractivity contribution in [2.75, 3.05) is 33.0 Å². The van der Waals surface area contributed by atoms with Crippen molar-refractivity contribution < 1.29 is 71.7 Å². The van der Waals surface area contributed by atoms with Crippen LogP contribution in [0.3, 0.4) is 0 Å². The number of aliphatic hydroxyl groups is 1. The fraction of sp³-hybridized carbons (Fsp3) is 0.477. The summed E-state index contributed by atoms with van der Waals surface area (Å²) in [6, 6.07) is 43.5. The van der Waals surface area contributed by atoms with Crippen molar-refractivity contribution in [2.24, 2.45) is 34.7 Å². The molecule has 0 radical (unpaired) electrons. The maximum absolute atomic E-state index is 13.9. The molecule has 0 saturated carbocycles. The zero-order valence-corrected chi connectivity index (χ0v) is 48.3. The van der Waals surface area contributed by atoms with Gasteiger partial charge in [-0.25, -0.2) is 19.2 Å². The lowest BCUT2D eigenvalue weighted by atomic mass is 9.79. The van der Waals surface area contributed by atoms with Crippen LogP contribution in [0.4, 0.5) is 4.79 Å². The number of hydrogen-bond donors (Lipinski definition) is 1. The van der Waals surface area contributed by atoms with Gasteiger partial charge in [-0.05, 0) is 83.7 Å². The van der Waals surface area contributed by atoms with Gasteiger partial charge in [-0.1, -0.05) is 168 Å². The molecule has 8 rings (SSSR count). The fourth-order valence-electron chi connectivity index (χ4n) is 10.7. The summed E-state index contributed by atoms with van der Waals surface area (Å²) in [4.78, 5) is 58.4. The van der Waals surface area contributed by atoms with Gasteiger partial charge < -0.3 is 57.4 Å². The molecule has 0 aliphatic carbocycles. The van der Waals surface area contributed by atoms with Crippen molar-refractivity contribution >= 4 is 24.0 Å². The Kier molecular flexibility index (Phi) is 23.7. The summed E-state index contributed by atoms with van der Waals surface area (Å²) >= 11 is 0. The molecule has 3 saturated heterocycles. The Morgan fingerprint density at radius 3 is 1.62 bits per heavy atom. The van der Waals surface area contributed by atoms with Crippen LogP contribution >= 0.6 is 0 Å². The number of carbonyl (C=O) groups is 4. The molecule has 3 fully saturated rings. The summed E-state index contributed by atoms with van der Waals surface area (Å²) in [5.41, 5.74) is 13.0. The van der Waals surface area contributed by atoms with E-state index in [4.69, 9.17) is 47.4 Å². The molecule has 0 spiro atoms. The molecule has 15 atom stereocenters. The van der Waals surface area contributed by atoms with Crippen molar-refractivity contribution in [1.82, 2.24) is 4.90 Å². The predicted octanol–water partition coefficient (Wildman–Crippen LogP) is 11.1. The Hall–Kier alpha value is -7.19. The van der Waals surface area contributed by atoms with E-state index in [2.05, 4.69) is 23.9 Å². The van der Waals surface area contributed by atoms with Crippen LogP contribution in [-0.4, -0.2) is 129 Å². The Labute approximate surface area is 491 Å². The third kappa shape index (κ3) is 17.2. The molecule has 0 aromatic heterocycles. The highest BCUT2D eigenvalue weighted by atomic mass is 16.7. The monoisotopic (exact) mass is 1150 g/mol. The van der Waals surface area contributed by atoms with E-state index in [1.165, 1.54) is 0 Å². The highest BCUT2D eigenvalue weighted by Crippen LogP contribution is 2.40. The second kappa shape index (κ2) is 31.6. The van der Waals surface area contributed by atoms with E-state index in [1.807, 2.05) is 87.5 Å². The lowest BCUT2D eigenvalue weighted by Crippen LogP contribution is -2.63. The average molecular weight is 1160 g/mol. The number of nitrogens with zero attached hydrogens (tertiary/aromatic N) is 4. The Balaban J connectivity index is 0.966. The topological polar surface area (TPSA) is 233 Å². The molecule has 3 heterocycles. The predicted molar refractivity (Wildman–Crippen MR) is 309 cm³/mol. The summed E-state index contributed by atoms with van der Waals surface area (Å²) < 4.78 is 62.8. The summed E-state index contributed by atoms with van der Waals surface area (Å²) in [6.45, 7) is 10.7. The van der Waals surface area contributed by atoms with E-state index in [0.29, 0.717) is 37.9 Å². The van der Waals surface area contributed by atoms with Gasteiger partial charge in [-0.15, -0.1) is 0 Å². The maximum Gasteiger partial charge on any atom is 0.410 e. The number of ether oxygens (including phenoxy) is 10. The van der Waals surface area contributed by atoms with Crippen LogP contribution in [0.25, 0.3) is 10.4 Å². The Bertz CT molecular complexity index is 2870. The van der Waals surface area contributed by atoms with Crippen LogP contribution in [0.2, 0.25) is 0 Å². The SMILES string of the molecule is CC1[C@@H](OCC2O[C@@H](O[C@@H]3C(N=[N+]=[N-])[C@@H](OCCCCCCN(Cc4ccccc4)C(=O)OCc4ccccc4)OC(COC(=O)c4ccccc4)[C@@H]3O)C(OC(=O)c3ccccc3)[C@@H](C)[C@@H]2C)OC(COC(=O)c2ccccc2)[C@@H](C)[C@@H]1C. The zero-order valence-electron chi connectivity index (χ0n) is 48.3. The number of aliphatic hydroxyl groups excluding tert-OH is 1. The molecule has 448 valence electrons. The molecular formula is C65H78N4O15. The lowest BCUT2D eigenvalue weighted by Gasteiger charge is -2.48. The molecule has 5 aromatic carbocycles. The third-order valence-electron chi connectivity index (χ3n) is 16.4. The molecule has 1 amide bonds. The van der Waals surface area contributed by atoms with Crippen LogP contribution < -0.4 is 0 Å². The first-order chi connectivity index (χ1) is 40.8. The molecule has 3 aliphatic rings. The minimum absolute atomic E-state index is 0.000653. The number of azide groups is 1. The number of carbonyl (C=O) groups excluding carboxylic acids is 4. The minimum atomic E-state index is -1.62. The first-order valence-electron chi connectivity index (χ1n) is 29.1. The third-order valence-corrected chi connectivity index (χ3v) is 16.4. The molecule has 1 N–H and O–H groups in total. The van der Waals surface area contributed by atoms with Gasteiger partial charge in [0.1, 0.15) is 44.2 Å². The standard InChI is InChI=1S/C65H78N4O15/c1-42-43(2)52(39-76-59(71)49-29-17-10-18-30-49)80-62(46(42)5)78-40-53-44(3)45(4)57(83-61(73)51-33-21-12-22-34-51)64(81-53)84-58-55(67-68-66)63(82-54(56(58)70)41-77-60(72)50-31-19-11-20-32-50)75-36-24-7-6-23-35-69(37-47-25-13-8-14-26-47)65(74)79-38-48-27-15-9-16-28-48/h8-22,25-34,42-46,52-58,62-64,70H,6-7,23-24,35-41H2,1-5H3/t42-,43-,44-,45-,46?,52?,53?,54?,55?,56-,57?,58+,62-,63-,64-/m0/s1. The van der Waals surface area contributed by atoms with Crippen LogP contribution in [0.1, 0.15) is 103 Å². The van der Waals surface area contributed by atoms with Gasteiger partial charge >= 0.3 is 24.0 Å². The average Bonchev–Trinajstić information content (AvgIpc) is 2.20. The van der Waals surface area contributed by atoms with E-state index < -0.39 is 98.1 Å². The first-order valence-corrected chi connectivity index (χ1v) is 29.1. The largest absolute Gasteiger partial charge is 0.459 e. The van der Waals surface area contributed by atoms with Crippen molar-refractivity contribution in [1.29, 1.82) is 0 Å². The van der Waals surface area contributed by atoms with Crippen LogP contribution in [0, 0.1) is 29.6 Å². The Morgan fingerprint density at radius 1 is 0.524 bits per heavy atom. The summed E-state index contributed by atoms with van der Waals surface area (Å²) in [5.74, 6) is -2.47. The smallest absolute Gasteiger partial charge is 0.410 e. The number of amides is 1. The fourth-order valence-corrected chi connectivity index (χ4v) is 10.7. The number of esters is 3. The van der Waals surface area contributed by atoms with Crippen LogP contribution in [-0.2, 0) is 60.5 Å². The van der Waals surface area contributed by atoms with E-state index >= 15 is 0 Å². The molecular weight excluding hydrogens is 1080 g/mol. The summed E-state index contributed by atoms with van der Waals surface area (Å²) in [5, 5.41) is 16.4. The molecule has 6 unspecified atom stereocenters. The summed E-state index contributed by atoms with van der Waals surface area (Å²) in [7, 11) is 0. The summed E-state index contributed by atoms with van der Waals surface area (Å²) in [6.07, 6.45) is -7.82. The Morgan fingerprint density at radius 2 is 1.02 bits per heavy atom. The second-order valence-corrected chi connectivity index (χ2v) is 21.9. The second-order valence-electron chi connectivity index (χ2n) is 21.9. The maximum atomic E-state index is 13.9. The van der Waals surface area contributed by atoms with E-state index in [0.717, 1.165) is 17.5 Å². The minimum Gasteiger partial charge on any atom is -0.459 e. The highest BCUT2D eigenvalue weighted by molar-refractivity contribution is 5.90. The van der Waals surface area contributed by atoms with Gasteiger partial charge in [0.2, 0.25) is 0 Å². The van der Waals surface area contributed by atoms with Gasteiger partial charge in [0.15, 0.2) is 25.0 Å². The number of benzene rings is 5. The van der Waals surface area contributed by atoms with Crippen LogP contribution in [0.5, 0.6) is 0 Å². The van der Waals surface area contributed by atoms with Gasteiger partial charge in [0, 0.05) is 36.4 Å². The van der Waals surface area contributed by atoms with Crippen LogP contribution in [0.15, 0.2) is 157 Å². The van der Waals surface area contributed by atoms with Crippen molar-refractivity contribution in [2.45, 2.75) is 135 Å². The quantitative estimate of drug-likeness (QED) is 0.0135. The van der Waals surface area contributed by atoms with Gasteiger partial charge in [0.05, 0.1) is 35.5 Å². The molecule has 3 aliphatic heterocycles. The molecule has 19 nitrogen and oxygen atoms in total. The van der Waals surface area contributed by atoms with E-state index in [1.54, 1.807) is 89.8 Å². The van der Waals surface area contributed by atoms with Crippen molar-refractivity contribution in [3.63, 3.8) is 0 Å². The van der Waals surface area contributed by atoms with E-state index in [9.17, 15) is 29.8 Å². The zero-order chi connectivity index (χ0) is 59.4. The number of unbranched alkanes of at least 4 members (excludes halogenated alkanes) is 3. The van der Waals surface area contributed by atoms with Gasteiger partial charge in [0.25, 0.3) is 0 Å². The first kappa shape index (κ1) is 62.8. The highest BCUT2D eigenvalue weighted by Gasteiger charge is 2.52.